The van der Waals surface area contributed by atoms with Crippen LogP contribution < -0.4 is 10.3 Å². The van der Waals surface area contributed by atoms with Gasteiger partial charge < -0.3 is 14.6 Å². The second-order valence-electron chi connectivity index (χ2n) is 9.89. The number of fused-ring (bicyclic) bond motifs is 1. The topological polar surface area (TPSA) is 96.5 Å². The van der Waals surface area contributed by atoms with Crippen LogP contribution in [0.25, 0.3) is 16.6 Å². The van der Waals surface area contributed by atoms with Crippen LogP contribution in [0.3, 0.4) is 0 Å². The number of carbonyl (C=O) groups is 1. The van der Waals surface area contributed by atoms with E-state index in [1.165, 1.54) is 17.8 Å². The average Bonchev–Trinajstić information content (AvgIpc) is 3.63. The van der Waals surface area contributed by atoms with E-state index in [0.717, 1.165) is 37.3 Å². The Morgan fingerprint density at radius 2 is 1.81 bits per heavy atom. The Labute approximate surface area is 212 Å². The van der Waals surface area contributed by atoms with E-state index in [2.05, 4.69) is 15.2 Å². The number of rotatable bonds is 6. The monoisotopic (exact) mass is 502 g/mol. The molecule has 2 aliphatic rings. The molecule has 37 heavy (non-hydrogen) atoms. The Morgan fingerprint density at radius 3 is 2.49 bits per heavy atom. The molecule has 4 aromatic rings. The molecule has 0 unspecified atom stereocenters. The number of carboxylic acid groups (broad SMARTS) is 1. The lowest BCUT2D eigenvalue weighted by atomic mass is 10.1. The number of pyridine rings is 1. The number of aromatic carboxylic acids is 1. The van der Waals surface area contributed by atoms with Crippen molar-refractivity contribution >= 4 is 22.6 Å². The van der Waals surface area contributed by atoms with Crippen LogP contribution in [0.1, 0.15) is 40.5 Å². The molecule has 9 nitrogen and oxygen atoms in total. The second-order valence-corrected chi connectivity index (χ2v) is 9.89. The van der Waals surface area contributed by atoms with Crippen molar-refractivity contribution in [3.05, 3.63) is 81.7 Å². The predicted molar refractivity (Wildman–Crippen MR) is 137 cm³/mol. The predicted octanol–water partition coefficient (Wildman–Crippen LogP) is 3.39. The van der Waals surface area contributed by atoms with E-state index in [9.17, 15) is 14.7 Å². The molecule has 1 saturated heterocycles. The zero-order chi connectivity index (χ0) is 25.7. The maximum Gasteiger partial charge on any atom is 0.341 e. The summed E-state index contributed by atoms with van der Waals surface area (Å²) >= 11 is 0. The summed E-state index contributed by atoms with van der Waals surface area (Å²) in [5.74, 6) is -1.80. The molecule has 2 aromatic heterocycles. The minimum Gasteiger partial charge on any atom is -0.477 e. The molecule has 1 saturated carbocycles. The second kappa shape index (κ2) is 9.11. The number of anilines is 1. The standard InChI is InChI=1S/C27H27FN6O3/c1-17-2-4-20(5-3-17)34-15-18(29-30-34)14-31-8-10-32(11-9-31)25-13-24-21(12-23(25)28)26(35)22(27(36)37)16-33(24)19-6-7-19/h2-5,12-13,15-16,19H,6-11,14H2,1H3,(H,36,37). The molecular weight excluding hydrogens is 475 g/mol. The summed E-state index contributed by atoms with van der Waals surface area (Å²) < 4.78 is 18.8. The van der Waals surface area contributed by atoms with Crippen LogP contribution in [0.5, 0.6) is 0 Å². The summed E-state index contributed by atoms with van der Waals surface area (Å²) in [7, 11) is 0. The molecule has 0 radical (unpaired) electrons. The normalized spacial score (nSPS) is 16.4. The smallest absolute Gasteiger partial charge is 0.341 e. The molecule has 0 bridgehead atoms. The fraction of sp³-hybridized carbons (Fsp3) is 0.333. The summed E-state index contributed by atoms with van der Waals surface area (Å²) in [5.41, 5.74) is 3.08. The third-order valence-corrected chi connectivity index (χ3v) is 7.21. The Hall–Kier alpha value is -4.05. The Bertz CT molecular complexity index is 1550. The van der Waals surface area contributed by atoms with Gasteiger partial charge in [0.2, 0.25) is 5.43 Å². The van der Waals surface area contributed by atoms with E-state index in [-0.39, 0.29) is 17.0 Å². The lowest BCUT2D eigenvalue weighted by Crippen LogP contribution is -2.46. The van der Waals surface area contributed by atoms with Crippen molar-refractivity contribution in [1.29, 1.82) is 0 Å². The maximum atomic E-state index is 15.2. The molecular formula is C27H27FN6O3. The number of aromatic nitrogens is 4. The minimum atomic E-state index is -1.29. The molecule has 0 spiro atoms. The van der Waals surface area contributed by atoms with Crippen molar-refractivity contribution in [2.24, 2.45) is 0 Å². The summed E-state index contributed by atoms with van der Waals surface area (Å²) in [5, 5.41) is 18.1. The SMILES string of the molecule is Cc1ccc(-n2cc(CN3CCN(c4cc5c(cc4F)c(=O)c(C(=O)O)cn5C4CC4)CC3)nn2)cc1. The highest BCUT2D eigenvalue weighted by atomic mass is 19.1. The zero-order valence-corrected chi connectivity index (χ0v) is 20.5. The van der Waals surface area contributed by atoms with Gasteiger partial charge in [0.1, 0.15) is 11.4 Å². The third kappa shape index (κ3) is 4.48. The Kier molecular flexibility index (Phi) is 5.75. The number of hydrogen-bond acceptors (Lipinski definition) is 6. The molecule has 0 atom stereocenters. The van der Waals surface area contributed by atoms with Gasteiger partial charge in [0.05, 0.1) is 28.8 Å². The Morgan fingerprint density at radius 1 is 1.08 bits per heavy atom. The van der Waals surface area contributed by atoms with Crippen LogP contribution in [0, 0.1) is 12.7 Å². The first-order valence-corrected chi connectivity index (χ1v) is 12.4. The lowest BCUT2D eigenvalue weighted by Gasteiger charge is -2.36. The van der Waals surface area contributed by atoms with Crippen LogP contribution >= 0.6 is 0 Å². The van der Waals surface area contributed by atoms with Gasteiger partial charge in [-0.1, -0.05) is 22.9 Å². The molecule has 1 aliphatic heterocycles. The number of halogens is 1. The first kappa shape index (κ1) is 23.4. The molecule has 2 aromatic carbocycles. The maximum absolute atomic E-state index is 15.2. The number of aryl methyl sites for hydroxylation is 1. The van der Waals surface area contributed by atoms with Gasteiger partial charge in [-0.25, -0.2) is 13.9 Å². The highest BCUT2D eigenvalue weighted by Crippen LogP contribution is 2.38. The minimum absolute atomic E-state index is 0.114. The van der Waals surface area contributed by atoms with Crippen molar-refractivity contribution in [1.82, 2.24) is 24.5 Å². The van der Waals surface area contributed by atoms with Gasteiger partial charge in [-0.15, -0.1) is 5.10 Å². The molecule has 3 heterocycles. The number of nitrogens with zero attached hydrogens (tertiary/aromatic N) is 6. The molecule has 190 valence electrons. The van der Waals surface area contributed by atoms with Crippen LogP contribution in [0.4, 0.5) is 10.1 Å². The van der Waals surface area contributed by atoms with Gasteiger partial charge in [0.15, 0.2) is 0 Å². The third-order valence-electron chi connectivity index (χ3n) is 7.21. The van der Waals surface area contributed by atoms with E-state index in [1.54, 1.807) is 10.7 Å². The molecule has 6 rings (SSSR count). The molecule has 0 amide bonds. The van der Waals surface area contributed by atoms with Crippen molar-refractivity contribution in [3.8, 4) is 5.69 Å². The van der Waals surface area contributed by atoms with Gasteiger partial charge in [-0.2, -0.15) is 0 Å². The van der Waals surface area contributed by atoms with Crippen LogP contribution in [0.15, 0.2) is 53.6 Å². The van der Waals surface area contributed by atoms with Crippen molar-refractivity contribution in [3.63, 3.8) is 0 Å². The summed E-state index contributed by atoms with van der Waals surface area (Å²) in [6.07, 6.45) is 5.17. The number of carboxylic acids is 1. The number of benzene rings is 2. The fourth-order valence-electron chi connectivity index (χ4n) is 4.98. The van der Waals surface area contributed by atoms with Gasteiger partial charge >= 0.3 is 5.97 Å². The van der Waals surface area contributed by atoms with Gasteiger partial charge in [0, 0.05) is 50.3 Å². The molecule has 1 N–H and O–H groups in total. The summed E-state index contributed by atoms with van der Waals surface area (Å²) in [6.45, 7) is 5.38. The van der Waals surface area contributed by atoms with E-state index in [1.807, 2.05) is 46.9 Å². The summed E-state index contributed by atoms with van der Waals surface area (Å²) in [4.78, 5) is 28.6. The Balaban J connectivity index is 1.19. The van der Waals surface area contributed by atoms with Gasteiger partial charge in [-0.3, -0.25) is 9.69 Å². The average molecular weight is 503 g/mol. The van der Waals surface area contributed by atoms with Gasteiger partial charge in [0.25, 0.3) is 0 Å². The summed E-state index contributed by atoms with van der Waals surface area (Å²) in [6, 6.07) is 11.1. The van der Waals surface area contributed by atoms with E-state index in [0.29, 0.717) is 30.8 Å². The number of hydrogen-bond donors (Lipinski definition) is 1. The van der Waals surface area contributed by atoms with Crippen molar-refractivity contribution < 1.29 is 14.3 Å². The van der Waals surface area contributed by atoms with Crippen LogP contribution in [0.2, 0.25) is 0 Å². The zero-order valence-electron chi connectivity index (χ0n) is 20.5. The van der Waals surface area contributed by atoms with E-state index in [4.69, 9.17) is 0 Å². The molecule has 1 aliphatic carbocycles. The highest BCUT2D eigenvalue weighted by molar-refractivity contribution is 5.93. The highest BCUT2D eigenvalue weighted by Gasteiger charge is 2.28. The van der Waals surface area contributed by atoms with Crippen molar-refractivity contribution in [2.75, 3.05) is 31.1 Å². The first-order chi connectivity index (χ1) is 17.9. The van der Waals surface area contributed by atoms with E-state index < -0.39 is 17.2 Å². The van der Waals surface area contributed by atoms with Crippen LogP contribution in [-0.4, -0.2) is 61.7 Å². The molecule has 2 fully saturated rings. The van der Waals surface area contributed by atoms with Gasteiger partial charge in [-0.05, 0) is 44.0 Å². The quantitative estimate of drug-likeness (QED) is 0.432. The molecule has 10 heteroatoms. The lowest BCUT2D eigenvalue weighted by molar-refractivity contribution is 0.0695. The van der Waals surface area contributed by atoms with E-state index >= 15 is 4.39 Å². The van der Waals surface area contributed by atoms with Crippen LogP contribution in [-0.2, 0) is 6.54 Å². The first-order valence-electron chi connectivity index (χ1n) is 12.4. The fourth-order valence-corrected chi connectivity index (χ4v) is 4.98. The number of piperazine rings is 1. The largest absolute Gasteiger partial charge is 0.477 e. The van der Waals surface area contributed by atoms with Crippen molar-refractivity contribution in [2.45, 2.75) is 32.4 Å².